The number of hydrogen-bond acceptors (Lipinski definition) is 4. The van der Waals surface area contributed by atoms with Gasteiger partial charge in [0.1, 0.15) is 0 Å². The first-order valence-corrected chi connectivity index (χ1v) is 7.57. The van der Waals surface area contributed by atoms with Crippen LogP contribution in [0.15, 0.2) is 29.4 Å². The lowest BCUT2D eigenvalue weighted by Gasteiger charge is -2.33. The van der Waals surface area contributed by atoms with Gasteiger partial charge in [0.05, 0.1) is 12.8 Å². The smallest absolute Gasteiger partial charge is 0.254 e. The monoisotopic (exact) mass is 308 g/mol. The third kappa shape index (κ3) is 5.46. The van der Waals surface area contributed by atoms with Crippen LogP contribution in [0, 0.1) is 0 Å². The molecule has 1 heterocycles. The molecule has 1 amide bonds. The minimum atomic E-state index is -0.0850. The number of rotatable bonds is 5. The fourth-order valence-electron chi connectivity index (χ4n) is 2.27. The summed E-state index contributed by atoms with van der Waals surface area (Å²) in [6.45, 7) is 7.53. The standard InChI is InChI=1S/C15H21ClN4O/c1-2-19-6-8-20(9-7-19)12-15(21)18-17-11-13-4-3-5-14(16)10-13/h3-5,10-11H,2,6-9,12H2,1H3,(H,18,21)/b17-11-. The molecule has 1 saturated heterocycles. The second kappa shape index (κ2) is 8.12. The van der Waals surface area contributed by atoms with Crippen molar-refractivity contribution in [3.05, 3.63) is 34.9 Å². The highest BCUT2D eigenvalue weighted by molar-refractivity contribution is 6.30. The number of amides is 1. The molecular weight excluding hydrogens is 288 g/mol. The second-order valence-corrected chi connectivity index (χ2v) is 5.50. The predicted molar refractivity (Wildman–Crippen MR) is 85.7 cm³/mol. The Morgan fingerprint density at radius 1 is 1.33 bits per heavy atom. The SMILES string of the molecule is CCN1CCN(CC(=O)N/N=C\c2cccc(Cl)c2)CC1. The van der Waals surface area contributed by atoms with Crippen molar-refractivity contribution in [3.8, 4) is 0 Å². The number of carbonyl (C=O) groups is 1. The average molecular weight is 309 g/mol. The van der Waals surface area contributed by atoms with Crippen LogP contribution < -0.4 is 5.43 Å². The molecule has 0 spiro atoms. The molecule has 0 atom stereocenters. The summed E-state index contributed by atoms with van der Waals surface area (Å²) in [7, 11) is 0. The van der Waals surface area contributed by atoms with E-state index in [0.29, 0.717) is 11.6 Å². The van der Waals surface area contributed by atoms with E-state index in [1.54, 1.807) is 18.3 Å². The molecule has 114 valence electrons. The number of halogens is 1. The number of nitrogens with zero attached hydrogens (tertiary/aromatic N) is 3. The van der Waals surface area contributed by atoms with Gasteiger partial charge in [-0.3, -0.25) is 9.69 Å². The Labute approximate surface area is 130 Å². The average Bonchev–Trinajstić information content (AvgIpc) is 2.48. The molecule has 2 rings (SSSR count). The molecule has 21 heavy (non-hydrogen) atoms. The van der Waals surface area contributed by atoms with Crippen LogP contribution in [0.5, 0.6) is 0 Å². The van der Waals surface area contributed by atoms with E-state index >= 15 is 0 Å². The van der Waals surface area contributed by atoms with Crippen LogP contribution in [0.25, 0.3) is 0 Å². The van der Waals surface area contributed by atoms with E-state index < -0.39 is 0 Å². The van der Waals surface area contributed by atoms with E-state index in [1.807, 2.05) is 12.1 Å². The molecule has 1 aliphatic heterocycles. The highest BCUT2D eigenvalue weighted by Gasteiger charge is 2.17. The molecule has 0 radical (unpaired) electrons. The van der Waals surface area contributed by atoms with Crippen molar-refractivity contribution < 1.29 is 4.79 Å². The van der Waals surface area contributed by atoms with Crippen molar-refractivity contribution in [2.45, 2.75) is 6.92 Å². The van der Waals surface area contributed by atoms with E-state index in [2.05, 4.69) is 27.3 Å². The molecule has 1 fully saturated rings. The van der Waals surface area contributed by atoms with Gasteiger partial charge in [-0.1, -0.05) is 30.7 Å². The van der Waals surface area contributed by atoms with Crippen molar-refractivity contribution in [2.24, 2.45) is 5.10 Å². The van der Waals surface area contributed by atoms with Gasteiger partial charge >= 0.3 is 0 Å². The number of piperazine rings is 1. The van der Waals surface area contributed by atoms with Gasteiger partial charge in [0, 0.05) is 31.2 Å². The lowest BCUT2D eigenvalue weighted by atomic mass is 10.2. The number of hydrogen-bond donors (Lipinski definition) is 1. The molecule has 0 aliphatic carbocycles. The first-order valence-electron chi connectivity index (χ1n) is 7.19. The zero-order valence-electron chi connectivity index (χ0n) is 12.3. The molecule has 0 aromatic heterocycles. The van der Waals surface area contributed by atoms with Crippen LogP contribution in [0.2, 0.25) is 5.02 Å². The second-order valence-electron chi connectivity index (χ2n) is 5.06. The predicted octanol–water partition coefficient (Wildman–Crippen LogP) is 1.43. The Balaban J connectivity index is 1.72. The maximum atomic E-state index is 11.8. The summed E-state index contributed by atoms with van der Waals surface area (Å²) in [6.07, 6.45) is 1.60. The van der Waals surface area contributed by atoms with Gasteiger partial charge in [-0.2, -0.15) is 5.10 Å². The number of benzene rings is 1. The van der Waals surface area contributed by atoms with Crippen molar-refractivity contribution in [2.75, 3.05) is 39.3 Å². The molecule has 5 nitrogen and oxygen atoms in total. The fourth-order valence-corrected chi connectivity index (χ4v) is 2.47. The Bertz CT molecular complexity index is 498. The highest BCUT2D eigenvalue weighted by atomic mass is 35.5. The number of hydrazone groups is 1. The van der Waals surface area contributed by atoms with Crippen molar-refractivity contribution >= 4 is 23.7 Å². The number of likely N-dealkylation sites (N-methyl/N-ethyl adjacent to an activating group) is 1. The van der Waals surface area contributed by atoms with E-state index in [1.165, 1.54) is 0 Å². The van der Waals surface area contributed by atoms with Crippen LogP contribution in [-0.4, -0.2) is 61.2 Å². The van der Waals surface area contributed by atoms with Crippen LogP contribution >= 0.6 is 11.6 Å². The van der Waals surface area contributed by atoms with Gasteiger partial charge in [0.2, 0.25) is 0 Å². The van der Waals surface area contributed by atoms with Crippen LogP contribution in [-0.2, 0) is 4.79 Å². The van der Waals surface area contributed by atoms with Gasteiger partial charge in [0.15, 0.2) is 0 Å². The van der Waals surface area contributed by atoms with Gasteiger partial charge in [-0.05, 0) is 24.2 Å². The largest absolute Gasteiger partial charge is 0.301 e. The van der Waals surface area contributed by atoms with E-state index in [0.717, 1.165) is 38.3 Å². The van der Waals surface area contributed by atoms with E-state index in [-0.39, 0.29) is 5.91 Å². The lowest BCUT2D eigenvalue weighted by molar-refractivity contribution is -0.122. The van der Waals surface area contributed by atoms with Crippen LogP contribution in [0.1, 0.15) is 12.5 Å². The topological polar surface area (TPSA) is 47.9 Å². The number of nitrogens with one attached hydrogen (secondary N) is 1. The van der Waals surface area contributed by atoms with Gasteiger partial charge in [-0.15, -0.1) is 0 Å². The highest BCUT2D eigenvalue weighted by Crippen LogP contribution is 2.08. The summed E-state index contributed by atoms with van der Waals surface area (Å²) in [5.41, 5.74) is 3.42. The fraction of sp³-hybridized carbons (Fsp3) is 0.467. The van der Waals surface area contributed by atoms with Crippen molar-refractivity contribution in [3.63, 3.8) is 0 Å². The van der Waals surface area contributed by atoms with E-state index in [9.17, 15) is 4.79 Å². The lowest BCUT2D eigenvalue weighted by Crippen LogP contribution is -2.48. The minimum absolute atomic E-state index is 0.0850. The first-order chi connectivity index (χ1) is 10.2. The molecular formula is C15H21ClN4O. The Morgan fingerprint density at radius 2 is 2.05 bits per heavy atom. The van der Waals surface area contributed by atoms with Crippen molar-refractivity contribution in [1.82, 2.24) is 15.2 Å². The molecule has 6 heteroatoms. The molecule has 0 saturated carbocycles. The van der Waals surface area contributed by atoms with Crippen molar-refractivity contribution in [1.29, 1.82) is 0 Å². The zero-order valence-corrected chi connectivity index (χ0v) is 13.0. The molecule has 1 N–H and O–H groups in total. The van der Waals surface area contributed by atoms with Crippen LogP contribution in [0.3, 0.4) is 0 Å². The summed E-state index contributed by atoms with van der Waals surface area (Å²) in [4.78, 5) is 16.3. The first kappa shape index (κ1) is 15.9. The third-order valence-electron chi connectivity index (χ3n) is 3.53. The molecule has 0 unspecified atom stereocenters. The van der Waals surface area contributed by atoms with Crippen LogP contribution in [0.4, 0.5) is 0 Å². The summed E-state index contributed by atoms with van der Waals surface area (Å²) < 4.78 is 0. The number of carbonyl (C=O) groups excluding carboxylic acids is 1. The Kier molecular flexibility index (Phi) is 6.17. The molecule has 0 bridgehead atoms. The van der Waals surface area contributed by atoms with Gasteiger partial charge in [0.25, 0.3) is 5.91 Å². The normalized spacial score (nSPS) is 17.2. The Morgan fingerprint density at radius 3 is 2.71 bits per heavy atom. The maximum absolute atomic E-state index is 11.8. The molecule has 1 aliphatic rings. The van der Waals surface area contributed by atoms with E-state index in [4.69, 9.17) is 11.6 Å². The summed E-state index contributed by atoms with van der Waals surface area (Å²) in [6, 6.07) is 7.32. The quantitative estimate of drug-likeness (QED) is 0.661. The van der Waals surface area contributed by atoms with Gasteiger partial charge in [-0.25, -0.2) is 5.43 Å². The zero-order chi connectivity index (χ0) is 15.1. The van der Waals surface area contributed by atoms with Gasteiger partial charge < -0.3 is 4.90 Å². The molecule has 1 aromatic rings. The Hall–Kier alpha value is -1.43. The molecule has 1 aromatic carbocycles. The summed E-state index contributed by atoms with van der Waals surface area (Å²) in [5, 5.41) is 4.61. The summed E-state index contributed by atoms with van der Waals surface area (Å²) >= 11 is 5.88. The third-order valence-corrected chi connectivity index (χ3v) is 3.77. The maximum Gasteiger partial charge on any atom is 0.254 e. The minimum Gasteiger partial charge on any atom is -0.301 e. The summed E-state index contributed by atoms with van der Waals surface area (Å²) in [5.74, 6) is -0.0850.